The highest BCUT2D eigenvalue weighted by Gasteiger charge is 2.43. The van der Waals surface area contributed by atoms with E-state index in [2.05, 4.69) is 19.9 Å². The Balaban J connectivity index is 1.43. The highest BCUT2D eigenvalue weighted by molar-refractivity contribution is 5.40. The van der Waals surface area contributed by atoms with Crippen molar-refractivity contribution in [2.45, 2.75) is 37.7 Å². The predicted octanol–water partition coefficient (Wildman–Crippen LogP) is 1.82. The molecule has 0 spiro atoms. The van der Waals surface area contributed by atoms with Crippen LogP contribution in [0.5, 0.6) is 0 Å². The Morgan fingerprint density at radius 2 is 2.22 bits per heavy atom. The number of morpholine rings is 1. The average Bonchev–Trinajstić information content (AvgIpc) is 3.05. The zero-order valence-electron chi connectivity index (χ0n) is 12.9. The third-order valence-corrected chi connectivity index (χ3v) is 4.58. The summed E-state index contributed by atoms with van der Waals surface area (Å²) in [7, 11) is 0. The molecule has 4 rings (SSSR count). The van der Waals surface area contributed by atoms with Crippen molar-refractivity contribution >= 4 is 5.82 Å². The maximum atomic E-state index is 6.12. The van der Waals surface area contributed by atoms with E-state index in [1.807, 2.05) is 24.4 Å². The Kier molecular flexibility index (Phi) is 4.17. The molecule has 3 atom stereocenters. The quantitative estimate of drug-likeness (QED) is 0.858. The summed E-state index contributed by atoms with van der Waals surface area (Å²) in [5, 5.41) is 0. The molecule has 3 heterocycles. The average molecular weight is 312 g/mol. The first-order valence-electron chi connectivity index (χ1n) is 8.06. The number of fused-ring (bicyclic) bond motifs is 1. The van der Waals surface area contributed by atoms with Crippen LogP contribution in [0.25, 0.3) is 0 Å². The summed E-state index contributed by atoms with van der Waals surface area (Å²) in [5.41, 5.74) is 1.10. The molecule has 0 N–H and O–H groups in total. The standard InChI is InChI=1S/C17H20N4O2/c1-2-13(10-18-6-1)11-23-15-4-3-14-17(15)22-9-8-21(14)16-5-7-19-12-20-16/h1-2,5-7,10,12,14-15,17H,3-4,8-9,11H2/t14-,15-,17+/m1/s1. The third-order valence-electron chi connectivity index (χ3n) is 4.58. The van der Waals surface area contributed by atoms with Crippen LogP contribution in [0.2, 0.25) is 0 Å². The molecule has 0 bridgehead atoms. The first kappa shape index (κ1) is 14.5. The van der Waals surface area contributed by atoms with E-state index in [1.165, 1.54) is 0 Å². The Hall–Kier alpha value is -2.05. The van der Waals surface area contributed by atoms with Gasteiger partial charge in [-0.2, -0.15) is 0 Å². The van der Waals surface area contributed by atoms with E-state index in [4.69, 9.17) is 9.47 Å². The van der Waals surface area contributed by atoms with Crippen LogP contribution in [0.15, 0.2) is 43.1 Å². The van der Waals surface area contributed by atoms with Crippen molar-refractivity contribution in [3.8, 4) is 0 Å². The molecule has 2 aliphatic rings. The molecule has 1 aliphatic carbocycles. The van der Waals surface area contributed by atoms with Gasteiger partial charge in [-0.1, -0.05) is 6.07 Å². The number of hydrogen-bond donors (Lipinski definition) is 0. The van der Waals surface area contributed by atoms with Crippen molar-refractivity contribution < 1.29 is 9.47 Å². The summed E-state index contributed by atoms with van der Waals surface area (Å²) in [6.45, 7) is 2.16. The molecule has 0 radical (unpaired) electrons. The fourth-order valence-corrected chi connectivity index (χ4v) is 3.52. The highest BCUT2D eigenvalue weighted by Crippen LogP contribution is 2.34. The van der Waals surface area contributed by atoms with E-state index in [-0.39, 0.29) is 12.2 Å². The van der Waals surface area contributed by atoms with Gasteiger partial charge in [0, 0.05) is 25.1 Å². The maximum Gasteiger partial charge on any atom is 0.132 e. The van der Waals surface area contributed by atoms with Gasteiger partial charge < -0.3 is 14.4 Å². The molecule has 2 aromatic rings. The van der Waals surface area contributed by atoms with Crippen LogP contribution >= 0.6 is 0 Å². The molecule has 6 nitrogen and oxygen atoms in total. The lowest BCUT2D eigenvalue weighted by atomic mass is 10.1. The van der Waals surface area contributed by atoms with Crippen molar-refractivity contribution in [3.05, 3.63) is 48.7 Å². The van der Waals surface area contributed by atoms with Gasteiger partial charge in [0.1, 0.15) is 18.2 Å². The van der Waals surface area contributed by atoms with Gasteiger partial charge in [0.15, 0.2) is 0 Å². The smallest absolute Gasteiger partial charge is 0.132 e. The lowest BCUT2D eigenvalue weighted by molar-refractivity contribution is -0.0772. The number of hydrogen-bond acceptors (Lipinski definition) is 6. The summed E-state index contributed by atoms with van der Waals surface area (Å²) in [6, 6.07) is 6.27. The Morgan fingerprint density at radius 3 is 3.04 bits per heavy atom. The Labute approximate surface area is 135 Å². The maximum absolute atomic E-state index is 6.12. The molecule has 1 saturated heterocycles. The number of anilines is 1. The summed E-state index contributed by atoms with van der Waals surface area (Å²) >= 11 is 0. The number of rotatable bonds is 4. The summed E-state index contributed by atoms with van der Waals surface area (Å²) in [4.78, 5) is 14.9. The van der Waals surface area contributed by atoms with E-state index < -0.39 is 0 Å². The van der Waals surface area contributed by atoms with Crippen LogP contribution in [0.4, 0.5) is 5.82 Å². The molecule has 1 aliphatic heterocycles. The minimum Gasteiger partial charge on any atom is -0.372 e. The number of pyridine rings is 1. The van der Waals surface area contributed by atoms with Crippen LogP contribution in [0, 0.1) is 0 Å². The third kappa shape index (κ3) is 3.04. The lowest BCUT2D eigenvalue weighted by Crippen LogP contribution is -2.52. The fraction of sp³-hybridized carbons (Fsp3) is 0.471. The largest absolute Gasteiger partial charge is 0.372 e. The van der Waals surface area contributed by atoms with Crippen molar-refractivity contribution in [2.24, 2.45) is 0 Å². The minimum absolute atomic E-state index is 0.107. The normalized spacial score (nSPS) is 27.0. The second kappa shape index (κ2) is 6.60. The Bertz CT molecular complexity index is 625. The van der Waals surface area contributed by atoms with Gasteiger partial charge in [-0.05, 0) is 30.5 Å². The molecule has 1 saturated carbocycles. The zero-order valence-corrected chi connectivity index (χ0v) is 12.9. The van der Waals surface area contributed by atoms with Gasteiger partial charge in [-0.25, -0.2) is 9.97 Å². The summed E-state index contributed by atoms with van der Waals surface area (Å²) in [6.07, 6.45) is 9.33. The molecule has 2 aromatic heterocycles. The van der Waals surface area contributed by atoms with Crippen molar-refractivity contribution in [1.29, 1.82) is 0 Å². The monoisotopic (exact) mass is 312 g/mol. The first-order chi connectivity index (χ1) is 11.4. The topological polar surface area (TPSA) is 60.4 Å². The van der Waals surface area contributed by atoms with Crippen molar-refractivity contribution in [2.75, 3.05) is 18.1 Å². The fourth-order valence-electron chi connectivity index (χ4n) is 3.52. The number of ether oxygens (including phenoxy) is 2. The summed E-state index contributed by atoms with van der Waals surface area (Å²) in [5.74, 6) is 0.978. The van der Waals surface area contributed by atoms with E-state index in [0.29, 0.717) is 19.3 Å². The molecule has 0 aromatic carbocycles. The summed E-state index contributed by atoms with van der Waals surface area (Å²) < 4.78 is 12.1. The van der Waals surface area contributed by atoms with Crippen LogP contribution in [-0.2, 0) is 16.1 Å². The van der Waals surface area contributed by atoms with Crippen LogP contribution in [0.1, 0.15) is 18.4 Å². The molecule has 0 unspecified atom stereocenters. The molecule has 6 heteroatoms. The van der Waals surface area contributed by atoms with Crippen LogP contribution in [0.3, 0.4) is 0 Å². The molecule has 2 fully saturated rings. The Morgan fingerprint density at radius 1 is 1.22 bits per heavy atom. The van der Waals surface area contributed by atoms with Gasteiger partial charge in [0.25, 0.3) is 0 Å². The van der Waals surface area contributed by atoms with Crippen LogP contribution < -0.4 is 4.90 Å². The molecule has 0 amide bonds. The molecule has 120 valence electrons. The minimum atomic E-state index is 0.107. The molecular weight excluding hydrogens is 292 g/mol. The van der Waals surface area contributed by atoms with Crippen molar-refractivity contribution in [1.82, 2.24) is 15.0 Å². The molecular formula is C17H20N4O2. The first-order valence-corrected chi connectivity index (χ1v) is 8.06. The van der Waals surface area contributed by atoms with Gasteiger partial charge in [-0.15, -0.1) is 0 Å². The second-order valence-corrected chi connectivity index (χ2v) is 5.95. The van der Waals surface area contributed by atoms with E-state index >= 15 is 0 Å². The van der Waals surface area contributed by atoms with E-state index in [0.717, 1.165) is 30.8 Å². The van der Waals surface area contributed by atoms with E-state index in [1.54, 1.807) is 18.7 Å². The second-order valence-electron chi connectivity index (χ2n) is 5.95. The van der Waals surface area contributed by atoms with Gasteiger partial charge in [0.2, 0.25) is 0 Å². The zero-order chi connectivity index (χ0) is 15.5. The van der Waals surface area contributed by atoms with Gasteiger partial charge in [0.05, 0.1) is 25.4 Å². The number of nitrogens with zero attached hydrogens (tertiary/aromatic N) is 4. The van der Waals surface area contributed by atoms with Gasteiger partial charge >= 0.3 is 0 Å². The van der Waals surface area contributed by atoms with Crippen LogP contribution in [-0.4, -0.2) is 46.4 Å². The SMILES string of the molecule is c1cncc(CO[C@@H]2CC[C@@H]3[C@@H]2OCCN3c2ccncn2)c1. The predicted molar refractivity (Wildman–Crippen MR) is 85.0 cm³/mol. The van der Waals surface area contributed by atoms with Gasteiger partial charge in [-0.3, -0.25) is 4.98 Å². The molecule has 23 heavy (non-hydrogen) atoms. The van der Waals surface area contributed by atoms with E-state index in [9.17, 15) is 0 Å². The highest BCUT2D eigenvalue weighted by atomic mass is 16.5. The van der Waals surface area contributed by atoms with Crippen molar-refractivity contribution in [3.63, 3.8) is 0 Å². The lowest BCUT2D eigenvalue weighted by Gasteiger charge is -2.39. The number of aromatic nitrogens is 3.